The van der Waals surface area contributed by atoms with Crippen LogP contribution < -0.4 is 0 Å². The SMILES string of the molecule is CN1CCc2c(Cl)ccc3oc(COCc4cc(Cl)ccn4)c(c23)C1. The average Bonchev–Trinajstić information content (AvgIpc) is 2.81. The van der Waals surface area contributed by atoms with Crippen molar-refractivity contribution >= 4 is 34.2 Å². The fraction of sp³-hybridized carbons (Fsp3) is 0.316. The first-order valence-electron chi connectivity index (χ1n) is 8.20. The first kappa shape index (κ1) is 16.9. The Morgan fingerprint density at radius 3 is 2.92 bits per heavy atom. The molecule has 0 spiro atoms. The van der Waals surface area contributed by atoms with Crippen molar-refractivity contribution in [2.75, 3.05) is 13.6 Å². The van der Waals surface area contributed by atoms with Gasteiger partial charge in [-0.2, -0.15) is 0 Å². The minimum Gasteiger partial charge on any atom is -0.458 e. The van der Waals surface area contributed by atoms with E-state index in [4.69, 9.17) is 32.4 Å². The lowest BCUT2D eigenvalue weighted by atomic mass is 10.0. The smallest absolute Gasteiger partial charge is 0.135 e. The van der Waals surface area contributed by atoms with E-state index in [0.717, 1.165) is 47.0 Å². The summed E-state index contributed by atoms with van der Waals surface area (Å²) in [6, 6.07) is 7.41. The third kappa shape index (κ3) is 3.40. The van der Waals surface area contributed by atoms with Gasteiger partial charge in [0, 0.05) is 40.3 Å². The molecule has 0 atom stereocenters. The molecule has 0 radical (unpaired) electrons. The molecular weight excluding hydrogens is 359 g/mol. The molecular formula is C19H18Cl2N2O2. The van der Waals surface area contributed by atoms with Gasteiger partial charge in [0.1, 0.15) is 18.0 Å². The Morgan fingerprint density at radius 2 is 2.08 bits per heavy atom. The van der Waals surface area contributed by atoms with Gasteiger partial charge < -0.3 is 14.1 Å². The van der Waals surface area contributed by atoms with Crippen LogP contribution in [-0.2, 0) is 30.9 Å². The number of rotatable bonds is 4. The number of ether oxygens (including phenoxy) is 1. The lowest BCUT2D eigenvalue weighted by molar-refractivity contribution is 0.0904. The molecule has 1 aliphatic rings. The van der Waals surface area contributed by atoms with Crippen LogP contribution in [0.2, 0.25) is 10.0 Å². The van der Waals surface area contributed by atoms with Gasteiger partial charge in [0.05, 0.1) is 12.3 Å². The molecule has 0 saturated carbocycles. The van der Waals surface area contributed by atoms with Crippen molar-refractivity contribution in [3.8, 4) is 0 Å². The first-order valence-corrected chi connectivity index (χ1v) is 8.96. The van der Waals surface area contributed by atoms with Gasteiger partial charge in [-0.1, -0.05) is 23.2 Å². The molecule has 0 unspecified atom stereocenters. The van der Waals surface area contributed by atoms with E-state index in [1.54, 1.807) is 18.3 Å². The number of benzene rings is 1. The van der Waals surface area contributed by atoms with Crippen LogP contribution in [0.4, 0.5) is 0 Å². The fourth-order valence-electron chi connectivity index (χ4n) is 3.31. The normalized spacial score (nSPS) is 14.8. The number of pyridine rings is 1. The number of nitrogens with zero attached hydrogens (tertiary/aromatic N) is 2. The topological polar surface area (TPSA) is 38.5 Å². The number of furan rings is 1. The number of hydrogen-bond acceptors (Lipinski definition) is 4. The molecule has 130 valence electrons. The Kier molecular flexibility index (Phi) is 4.69. The molecule has 4 rings (SSSR count). The maximum absolute atomic E-state index is 6.43. The van der Waals surface area contributed by atoms with Crippen molar-refractivity contribution in [1.82, 2.24) is 9.88 Å². The third-order valence-corrected chi connectivity index (χ3v) is 5.11. The predicted molar refractivity (Wildman–Crippen MR) is 99.0 cm³/mol. The molecule has 0 fully saturated rings. The van der Waals surface area contributed by atoms with Gasteiger partial charge >= 0.3 is 0 Å². The predicted octanol–water partition coefficient (Wildman–Crippen LogP) is 4.84. The second-order valence-electron chi connectivity index (χ2n) is 6.35. The molecule has 1 aromatic carbocycles. The Hall–Kier alpha value is -1.59. The molecule has 6 heteroatoms. The molecule has 0 N–H and O–H groups in total. The number of halogens is 2. The highest BCUT2D eigenvalue weighted by Gasteiger charge is 2.23. The molecule has 25 heavy (non-hydrogen) atoms. The van der Waals surface area contributed by atoms with E-state index in [1.807, 2.05) is 12.1 Å². The van der Waals surface area contributed by atoms with E-state index in [1.165, 1.54) is 11.1 Å². The fourth-order valence-corrected chi connectivity index (χ4v) is 3.74. The largest absolute Gasteiger partial charge is 0.458 e. The Balaban J connectivity index is 1.61. The summed E-state index contributed by atoms with van der Waals surface area (Å²) < 4.78 is 11.9. The standard InChI is InChI=1S/C19H18Cl2N2O2/c1-23-7-5-14-16(21)2-3-17-19(14)15(9-23)18(25-17)11-24-10-13-8-12(20)4-6-22-13/h2-4,6,8H,5,7,9-11H2,1H3. The molecule has 0 aliphatic carbocycles. The van der Waals surface area contributed by atoms with Crippen molar-refractivity contribution in [1.29, 1.82) is 0 Å². The zero-order valence-corrected chi connectivity index (χ0v) is 15.4. The van der Waals surface area contributed by atoms with Crippen LogP contribution in [0.3, 0.4) is 0 Å². The van der Waals surface area contributed by atoms with Crippen LogP contribution >= 0.6 is 23.2 Å². The minimum atomic E-state index is 0.389. The van der Waals surface area contributed by atoms with Gasteiger partial charge in [-0.3, -0.25) is 4.98 Å². The zero-order chi connectivity index (χ0) is 17.4. The molecule has 2 aromatic heterocycles. The lowest BCUT2D eigenvalue weighted by Crippen LogP contribution is -2.19. The summed E-state index contributed by atoms with van der Waals surface area (Å²) in [6.07, 6.45) is 2.60. The Morgan fingerprint density at radius 1 is 1.20 bits per heavy atom. The van der Waals surface area contributed by atoms with Gasteiger partial charge in [-0.05, 0) is 43.3 Å². The molecule has 3 heterocycles. The first-order chi connectivity index (χ1) is 12.1. The van der Waals surface area contributed by atoms with Crippen LogP contribution in [0, 0.1) is 0 Å². The van der Waals surface area contributed by atoms with Crippen molar-refractivity contribution < 1.29 is 9.15 Å². The molecule has 0 bridgehead atoms. The summed E-state index contributed by atoms with van der Waals surface area (Å²) in [6.45, 7) is 2.58. The molecule has 1 aliphatic heterocycles. The molecule has 0 saturated heterocycles. The van der Waals surface area contributed by atoms with Gasteiger partial charge in [0.25, 0.3) is 0 Å². The van der Waals surface area contributed by atoms with Crippen LogP contribution in [-0.4, -0.2) is 23.5 Å². The van der Waals surface area contributed by atoms with E-state index >= 15 is 0 Å². The van der Waals surface area contributed by atoms with Gasteiger partial charge in [-0.25, -0.2) is 0 Å². The highest BCUT2D eigenvalue weighted by atomic mass is 35.5. The molecule has 4 nitrogen and oxygen atoms in total. The monoisotopic (exact) mass is 376 g/mol. The van der Waals surface area contributed by atoms with Crippen LogP contribution in [0.1, 0.15) is 22.6 Å². The van der Waals surface area contributed by atoms with Crippen LogP contribution in [0.5, 0.6) is 0 Å². The van der Waals surface area contributed by atoms with Crippen molar-refractivity contribution in [2.45, 2.75) is 26.2 Å². The summed E-state index contributed by atoms with van der Waals surface area (Å²) in [5.41, 5.74) is 4.02. The Bertz CT molecular complexity index is 923. The van der Waals surface area contributed by atoms with E-state index in [0.29, 0.717) is 18.2 Å². The minimum absolute atomic E-state index is 0.389. The highest BCUT2D eigenvalue weighted by Crippen LogP contribution is 2.36. The highest BCUT2D eigenvalue weighted by molar-refractivity contribution is 6.32. The second kappa shape index (κ2) is 6.96. The van der Waals surface area contributed by atoms with Gasteiger partial charge in [0.15, 0.2) is 0 Å². The average molecular weight is 377 g/mol. The number of hydrogen-bond donors (Lipinski definition) is 0. The molecule has 0 amide bonds. The van der Waals surface area contributed by atoms with E-state index in [9.17, 15) is 0 Å². The Labute approximate surface area is 156 Å². The summed E-state index contributed by atoms with van der Waals surface area (Å²) in [7, 11) is 2.11. The summed E-state index contributed by atoms with van der Waals surface area (Å²) >= 11 is 12.4. The number of aromatic nitrogens is 1. The van der Waals surface area contributed by atoms with E-state index < -0.39 is 0 Å². The third-order valence-electron chi connectivity index (χ3n) is 4.52. The quantitative estimate of drug-likeness (QED) is 0.652. The zero-order valence-electron chi connectivity index (χ0n) is 13.9. The van der Waals surface area contributed by atoms with E-state index in [-0.39, 0.29) is 0 Å². The maximum Gasteiger partial charge on any atom is 0.135 e. The molecule has 3 aromatic rings. The van der Waals surface area contributed by atoms with Crippen LogP contribution in [0.15, 0.2) is 34.9 Å². The summed E-state index contributed by atoms with van der Waals surface area (Å²) in [5.74, 6) is 0.856. The van der Waals surface area contributed by atoms with Gasteiger partial charge in [0.2, 0.25) is 0 Å². The van der Waals surface area contributed by atoms with E-state index in [2.05, 4.69) is 16.9 Å². The number of likely N-dealkylation sites (N-methyl/N-ethyl adjacent to an activating group) is 1. The van der Waals surface area contributed by atoms with Crippen molar-refractivity contribution in [3.05, 3.63) is 63.1 Å². The van der Waals surface area contributed by atoms with Crippen LogP contribution in [0.25, 0.3) is 11.0 Å². The maximum atomic E-state index is 6.43. The van der Waals surface area contributed by atoms with Crippen molar-refractivity contribution in [2.24, 2.45) is 0 Å². The lowest BCUT2D eigenvalue weighted by Gasteiger charge is -2.13. The summed E-state index contributed by atoms with van der Waals surface area (Å²) in [4.78, 5) is 6.53. The summed E-state index contributed by atoms with van der Waals surface area (Å²) in [5, 5.41) is 2.61. The van der Waals surface area contributed by atoms with Crippen molar-refractivity contribution in [3.63, 3.8) is 0 Å². The second-order valence-corrected chi connectivity index (χ2v) is 7.19. The van der Waals surface area contributed by atoms with Gasteiger partial charge in [-0.15, -0.1) is 0 Å².